The van der Waals surface area contributed by atoms with Crippen LogP contribution in [0.2, 0.25) is 0 Å². The van der Waals surface area contributed by atoms with Crippen LogP contribution < -0.4 is 5.32 Å². The number of rotatable bonds is 3. The van der Waals surface area contributed by atoms with Gasteiger partial charge in [-0.15, -0.1) is 22.7 Å². The molecule has 1 aromatic carbocycles. The maximum absolute atomic E-state index is 4.83. The second kappa shape index (κ2) is 5.28. The third-order valence-electron chi connectivity index (χ3n) is 3.81. The Morgan fingerprint density at radius 3 is 3.10 bits per heavy atom. The predicted molar refractivity (Wildman–Crippen MR) is 87.7 cm³/mol. The second-order valence-corrected chi connectivity index (χ2v) is 7.30. The first-order chi connectivity index (χ1) is 9.88. The van der Waals surface area contributed by atoms with Gasteiger partial charge < -0.3 is 5.32 Å². The molecule has 2 aromatic heterocycles. The van der Waals surface area contributed by atoms with Crippen LogP contribution in [-0.4, -0.2) is 17.6 Å². The molecule has 1 saturated heterocycles. The van der Waals surface area contributed by atoms with Crippen molar-refractivity contribution >= 4 is 32.8 Å². The lowest BCUT2D eigenvalue weighted by atomic mass is 10.2. The van der Waals surface area contributed by atoms with E-state index < -0.39 is 0 Å². The van der Waals surface area contributed by atoms with Crippen molar-refractivity contribution < 1.29 is 0 Å². The van der Waals surface area contributed by atoms with Crippen LogP contribution in [0.15, 0.2) is 35.7 Å². The average molecular weight is 300 g/mol. The van der Waals surface area contributed by atoms with E-state index in [0.29, 0.717) is 6.04 Å². The summed E-state index contributed by atoms with van der Waals surface area (Å²) in [7, 11) is 0. The molecule has 0 spiro atoms. The highest BCUT2D eigenvalue weighted by Crippen LogP contribution is 2.34. The Balaban J connectivity index is 1.60. The average Bonchev–Trinajstić information content (AvgIpc) is 3.18. The zero-order valence-corrected chi connectivity index (χ0v) is 12.8. The Morgan fingerprint density at radius 2 is 2.25 bits per heavy atom. The van der Waals surface area contributed by atoms with Crippen molar-refractivity contribution in [2.75, 3.05) is 6.54 Å². The first kappa shape index (κ1) is 12.5. The normalized spacial score (nSPS) is 18.9. The molecule has 0 radical (unpaired) electrons. The monoisotopic (exact) mass is 300 g/mol. The Morgan fingerprint density at radius 1 is 1.30 bits per heavy atom. The molecule has 3 aromatic rings. The molecule has 4 heteroatoms. The summed E-state index contributed by atoms with van der Waals surface area (Å²) in [6, 6.07) is 11.4. The summed E-state index contributed by atoms with van der Waals surface area (Å²) < 4.78 is 1.34. The molecule has 0 aliphatic carbocycles. The summed E-state index contributed by atoms with van der Waals surface area (Å²) in [5.74, 6) is 0. The van der Waals surface area contributed by atoms with Crippen molar-refractivity contribution in [2.45, 2.75) is 25.3 Å². The van der Waals surface area contributed by atoms with Crippen LogP contribution in [0.4, 0.5) is 0 Å². The lowest BCUT2D eigenvalue weighted by Crippen LogP contribution is -2.23. The summed E-state index contributed by atoms with van der Waals surface area (Å²) in [5.41, 5.74) is 1.14. The van der Waals surface area contributed by atoms with Crippen molar-refractivity contribution in [3.05, 3.63) is 40.7 Å². The lowest BCUT2D eigenvalue weighted by Gasteiger charge is -2.06. The highest BCUT2D eigenvalue weighted by atomic mass is 32.1. The van der Waals surface area contributed by atoms with Gasteiger partial charge in [0.1, 0.15) is 0 Å². The van der Waals surface area contributed by atoms with E-state index in [4.69, 9.17) is 4.98 Å². The SMILES string of the molecule is c1ccc2sc(-c3csc(CC4CCCN4)n3)cc2c1. The summed E-state index contributed by atoms with van der Waals surface area (Å²) in [4.78, 5) is 6.11. The molecule has 1 unspecified atom stereocenters. The van der Waals surface area contributed by atoms with Crippen LogP contribution in [0.1, 0.15) is 17.8 Å². The van der Waals surface area contributed by atoms with Gasteiger partial charge in [0, 0.05) is 22.5 Å². The predicted octanol–water partition coefficient (Wildman–Crippen LogP) is 4.32. The Bertz CT molecular complexity index is 690. The van der Waals surface area contributed by atoms with Gasteiger partial charge in [-0.1, -0.05) is 18.2 Å². The molecule has 4 rings (SSSR count). The minimum Gasteiger partial charge on any atom is -0.314 e. The van der Waals surface area contributed by atoms with Crippen molar-refractivity contribution in [1.29, 1.82) is 0 Å². The molecule has 1 aliphatic rings. The van der Waals surface area contributed by atoms with Gasteiger partial charge in [-0.05, 0) is 36.9 Å². The summed E-state index contributed by atoms with van der Waals surface area (Å²) in [5, 5.41) is 8.33. The van der Waals surface area contributed by atoms with E-state index in [0.717, 1.165) is 12.1 Å². The van der Waals surface area contributed by atoms with Gasteiger partial charge in [-0.25, -0.2) is 4.98 Å². The van der Waals surface area contributed by atoms with Gasteiger partial charge in [0.2, 0.25) is 0 Å². The molecule has 1 N–H and O–H groups in total. The van der Waals surface area contributed by atoms with Gasteiger partial charge in [-0.3, -0.25) is 0 Å². The number of hydrogen-bond donors (Lipinski definition) is 1. The third kappa shape index (κ3) is 2.39. The zero-order chi connectivity index (χ0) is 13.4. The minimum absolute atomic E-state index is 0.636. The van der Waals surface area contributed by atoms with E-state index in [2.05, 4.69) is 41.0 Å². The second-order valence-electron chi connectivity index (χ2n) is 5.27. The first-order valence-electron chi connectivity index (χ1n) is 7.05. The van der Waals surface area contributed by atoms with E-state index in [1.165, 1.54) is 39.4 Å². The van der Waals surface area contributed by atoms with Crippen molar-refractivity contribution in [3.63, 3.8) is 0 Å². The Hall–Kier alpha value is -1.23. The number of thiophene rings is 1. The molecule has 2 nitrogen and oxygen atoms in total. The quantitative estimate of drug-likeness (QED) is 0.779. The molecule has 1 atom stereocenters. The Kier molecular flexibility index (Phi) is 3.30. The fourth-order valence-electron chi connectivity index (χ4n) is 2.77. The molecular weight excluding hydrogens is 284 g/mol. The molecule has 1 aliphatic heterocycles. The van der Waals surface area contributed by atoms with E-state index in [1.54, 1.807) is 11.3 Å². The standard InChI is InChI=1S/C16H16N2S2/c1-2-6-14-11(4-1)8-15(20-14)13-10-19-16(18-13)9-12-5-3-7-17-12/h1-2,4,6,8,10,12,17H,3,5,7,9H2. The van der Waals surface area contributed by atoms with E-state index >= 15 is 0 Å². The highest BCUT2D eigenvalue weighted by Gasteiger charge is 2.16. The number of fused-ring (bicyclic) bond motifs is 1. The maximum Gasteiger partial charge on any atom is 0.0948 e. The van der Waals surface area contributed by atoms with Gasteiger partial charge in [-0.2, -0.15) is 0 Å². The lowest BCUT2D eigenvalue weighted by molar-refractivity contribution is 0.601. The molecule has 102 valence electrons. The Labute approximate surface area is 126 Å². The fraction of sp³-hybridized carbons (Fsp3) is 0.312. The minimum atomic E-state index is 0.636. The molecule has 0 amide bonds. The van der Waals surface area contributed by atoms with E-state index in [1.807, 2.05) is 11.3 Å². The van der Waals surface area contributed by atoms with Crippen molar-refractivity contribution in [1.82, 2.24) is 10.3 Å². The highest BCUT2D eigenvalue weighted by molar-refractivity contribution is 7.22. The van der Waals surface area contributed by atoms with Crippen LogP contribution in [0.25, 0.3) is 20.7 Å². The molecule has 3 heterocycles. The summed E-state index contributed by atoms with van der Waals surface area (Å²) in [6.45, 7) is 1.17. The van der Waals surface area contributed by atoms with Crippen LogP contribution >= 0.6 is 22.7 Å². The first-order valence-corrected chi connectivity index (χ1v) is 8.75. The van der Waals surface area contributed by atoms with Crippen LogP contribution in [0, 0.1) is 0 Å². The van der Waals surface area contributed by atoms with Crippen molar-refractivity contribution in [3.8, 4) is 10.6 Å². The van der Waals surface area contributed by atoms with E-state index in [-0.39, 0.29) is 0 Å². The smallest absolute Gasteiger partial charge is 0.0948 e. The molecule has 1 fully saturated rings. The molecule has 0 saturated carbocycles. The number of thiazole rings is 1. The van der Waals surface area contributed by atoms with E-state index in [9.17, 15) is 0 Å². The summed E-state index contributed by atoms with van der Waals surface area (Å²) >= 11 is 3.63. The fourth-order valence-corrected chi connectivity index (χ4v) is 4.74. The number of nitrogens with one attached hydrogen (secondary N) is 1. The molecule has 20 heavy (non-hydrogen) atoms. The molecular formula is C16H16N2S2. The summed E-state index contributed by atoms with van der Waals surface area (Å²) in [6.07, 6.45) is 3.67. The largest absolute Gasteiger partial charge is 0.314 e. The molecule has 0 bridgehead atoms. The third-order valence-corrected chi connectivity index (χ3v) is 5.82. The number of aromatic nitrogens is 1. The van der Waals surface area contributed by atoms with Gasteiger partial charge >= 0.3 is 0 Å². The number of nitrogens with zero attached hydrogens (tertiary/aromatic N) is 1. The zero-order valence-electron chi connectivity index (χ0n) is 11.1. The van der Waals surface area contributed by atoms with Gasteiger partial charge in [0.05, 0.1) is 15.6 Å². The van der Waals surface area contributed by atoms with Crippen LogP contribution in [-0.2, 0) is 6.42 Å². The van der Waals surface area contributed by atoms with Gasteiger partial charge in [0.15, 0.2) is 0 Å². The number of hydrogen-bond acceptors (Lipinski definition) is 4. The van der Waals surface area contributed by atoms with Crippen LogP contribution in [0.3, 0.4) is 0 Å². The van der Waals surface area contributed by atoms with Gasteiger partial charge in [0.25, 0.3) is 0 Å². The topological polar surface area (TPSA) is 24.9 Å². The number of benzene rings is 1. The maximum atomic E-state index is 4.83. The van der Waals surface area contributed by atoms with Crippen LogP contribution in [0.5, 0.6) is 0 Å². The van der Waals surface area contributed by atoms with Crippen molar-refractivity contribution in [2.24, 2.45) is 0 Å².